The average molecular weight is 288 g/mol. The maximum absolute atomic E-state index is 10.2. The highest BCUT2D eigenvalue weighted by Crippen LogP contribution is 2.14. The van der Waals surface area contributed by atoms with Crippen molar-refractivity contribution >= 4 is 17.9 Å². The van der Waals surface area contributed by atoms with Gasteiger partial charge in [-0.3, -0.25) is 14.4 Å². The molecule has 0 rings (SSSR count). The summed E-state index contributed by atoms with van der Waals surface area (Å²) in [6.07, 6.45) is 2.51. The molecule has 0 unspecified atom stereocenters. The van der Waals surface area contributed by atoms with Crippen molar-refractivity contribution in [3.05, 3.63) is 25.5 Å². The van der Waals surface area contributed by atoms with Crippen LogP contribution in [0.2, 0.25) is 0 Å². The Bertz CT molecular complexity index is 342. The van der Waals surface area contributed by atoms with Crippen LogP contribution in [0.25, 0.3) is 0 Å². The number of carboxylic acid groups (broad SMARTS) is 2. The summed E-state index contributed by atoms with van der Waals surface area (Å²) >= 11 is 0. The third-order valence-electron chi connectivity index (χ3n) is 1.80. The van der Waals surface area contributed by atoms with Gasteiger partial charge in [-0.2, -0.15) is 0 Å². The fourth-order valence-corrected chi connectivity index (χ4v) is 0.205. The number of rotatable bonds is 4. The monoisotopic (exact) mass is 288 g/mol. The molecule has 0 aliphatic carbocycles. The topological polar surface area (TPSA) is 101 Å². The molecule has 20 heavy (non-hydrogen) atoms. The van der Waals surface area contributed by atoms with Crippen LogP contribution in [0.5, 0.6) is 0 Å². The summed E-state index contributed by atoms with van der Waals surface area (Å²) in [4.78, 5) is 29.6. The van der Waals surface area contributed by atoms with E-state index >= 15 is 0 Å². The van der Waals surface area contributed by atoms with Crippen LogP contribution in [-0.2, 0) is 19.1 Å². The molecule has 0 aromatic carbocycles. The predicted octanol–water partition coefficient (Wildman–Crippen LogP) is 2.70. The Morgan fingerprint density at radius 2 is 1.50 bits per heavy atom. The molecule has 116 valence electrons. The molecule has 0 aromatic heterocycles. The van der Waals surface area contributed by atoms with Crippen molar-refractivity contribution in [2.24, 2.45) is 11.3 Å². The molecule has 6 heteroatoms. The second-order valence-corrected chi connectivity index (χ2v) is 4.50. The van der Waals surface area contributed by atoms with E-state index in [-0.39, 0.29) is 11.9 Å². The fourth-order valence-electron chi connectivity index (χ4n) is 0.205. The first kappa shape index (κ1) is 23.0. The van der Waals surface area contributed by atoms with Gasteiger partial charge in [0, 0.05) is 6.92 Å². The summed E-state index contributed by atoms with van der Waals surface area (Å²) in [5.74, 6) is -2.14. The summed E-state index contributed by atoms with van der Waals surface area (Å²) in [5.41, 5.74) is -0.778. The lowest BCUT2D eigenvalue weighted by Gasteiger charge is -2.10. The van der Waals surface area contributed by atoms with E-state index in [0.717, 1.165) is 6.26 Å². The van der Waals surface area contributed by atoms with Gasteiger partial charge in [0.05, 0.1) is 17.6 Å². The second kappa shape index (κ2) is 12.0. The van der Waals surface area contributed by atoms with E-state index in [0.29, 0.717) is 0 Å². The van der Waals surface area contributed by atoms with E-state index in [1.807, 2.05) is 0 Å². The van der Waals surface area contributed by atoms with Crippen molar-refractivity contribution in [2.45, 2.75) is 34.6 Å². The van der Waals surface area contributed by atoms with Gasteiger partial charge in [-0.25, -0.2) is 0 Å². The first-order valence-electron chi connectivity index (χ1n) is 5.80. The number of hydrogen-bond donors (Lipinski definition) is 2. The van der Waals surface area contributed by atoms with Crippen LogP contribution in [0.3, 0.4) is 0 Å². The summed E-state index contributed by atoms with van der Waals surface area (Å²) in [6, 6.07) is 0. The molecule has 0 saturated heterocycles. The van der Waals surface area contributed by atoms with Crippen LogP contribution in [0, 0.1) is 11.3 Å². The smallest absolute Gasteiger partial charge is 0.312 e. The molecule has 0 bridgehead atoms. The number of carbonyl (C=O) groups is 3. The van der Waals surface area contributed by atoms with Gasteiger partial charge in [0.2, 0.25) is 0 Å². The van der Waals surface area contributed by atoms with Crippen LogP contribution in [0.4, 0.5) is 0 Å². The van der Waals surface area contributed by atoms with Crippen molar-refractivity contribution in [1.82, 2.24) is 0 Å². The zero-order chi connectivity index (χ0) is 16.9. The Morgan fingerprint density at radius 3 is 1.50 bits per heavy atom. The van der Waals surface area contributed by atoms with E-state index in [1.54, 1.807) is 27.7 Å². The molecule has 6 nitrogen and oxygen atoms in total. The van der Waals surface area contributed by atoms with Crippen LogP contribution in [0.15, 0.2) is 25.5 Å². The highest BCUT2D eigenvalue weighted by Gasteiger charge is 2.21. The third-order valence-corrected chi connectivity index (χ3v) is 1.80. The van der Waals surface area contributed by atoms with Gasteiger partial charge >= 0.3 is 17.9 Å². The lowest BCUT2D eigenvalue weighted by atomic mass is 9.95. The van der Waals surface area contributed by atoms with Crippen LogP contribution < -0.4 is 0 Å². The fraction of sp³-hybridized carbons (Fsp3) is 0.500. The molecule has 0 aliphatic heterocycles. The second-order valence-electron chi connectivity index (χ2n) is 4.50. The quantitative estimate of drug-likeness (QED) is 0.468. The standard InChI is InChI=1S/C6H10O2.C4H6O2.C4H8O2/c1-4-6(2,3)5(7)8;1-3-6-4(2)5;1-3(2)4(5)6/h4H,1H2,2-3H3,(H,7,8);3H,1H2,2H3;3H,1-2H3,(H,5,6). The van der Waals surface area contributed by atoms with Gasteiger partial charge in [0.1, 0.15) is 0 Å². The number of carbonyl (C=O) groups excluding carboxylic acids is 1. The number of carboxylic acids is 2. The van der Waals surface area contributed by atoms with E-state index in [1.165, 1.54) is 13.0 Å². The number of aliphatic carboxylic acids is 2. The Hall–Kier alpha value is -2.11. The van der Waals surface area contributed by atoms with Crippen molar-refractivity contribution < 1.29 is 29.3 Å². The van der Waals surface area contributed by atoms with Gasteiger partial charge < -0.3 is 14.9 Å². The summed E-state index contributed by atoms with van der Waals surface area (Å²) in [7, 11) is 0. The predicted molar refractivity (Wildman–Crippen MR) is 76.1 cm³/mol. The largest absolute Gasteiger partial charge is 0.481 e. The zero-order valence-corrected chi connectivity index (χ0v) is 12.7. The minimum absolute atomic E-state index is 0.231. The number of ether oxygens (including phenoxy) is 1. The summed E-state index contributed by atoms with van der Waals surface area (Å²) < 4.78 is 4.17. The maximum Gasteiger partial charge on any atom is 0.312 e. The summed E-state index contributed by atoms with van der Waals surface area (Å²) in [5, 5.41) is 16.4. The molecule has 0 saturated carbocycles. The van der Waals surface area contributed by atoms with Crippen LogP contribution in [0.1, 0.15) is 34.6 Å². The molecule has 0 aromatic rings. The third kappa shape index (κ3) is 18.3. The molecule has 0 aliphatic rings. The van der Waals surface area contributed by atoms with E-state index < -0.39 is 17.4 Å². The van der Waals surface area contributed by atoms with Gasteiger partial charge in [-0.15, -0.1) is 6.58 Å². The SMILES string of the molecule is C=CC(C)(C)C(=O)O.C=COC(C)=O.CC(C)C(=O)O. The molecule has 0 spiro atoms. The molecule has 0 heterocycles. The van der Waals surface area contributed by atoms with Crippen molar-refractivity contribution in [3.8, 4) is 0 Å². The Balaban J connectivity index is -0.000000221. The Morgan fingerprint density at radius 1 is 1.15 bits per heavy atom. The minimum atomic E-state index is -0.840. The van der Waals surface area contributed by atoms with Crippen LogP contribution >= 0.6 is 0 Å². The molecular weight excluding hydrogens is 264 g/mol. The minimum Gasteiger partial charge on any atom is -0.481 e. The van der Waals surface area contributed by atoms with E-state index in [4.69, 9.17) is 10.2 Å². The average Bonchev–Trinajstić information content (AvgIpc) is 2.30. The van der Waals surface area contributed by atoms with Crippen molar-refractivity contribution in [1.29, 1.82) is 0 Å². The van der Waals surface area contributed by atoms with Crippen LogP contribution in [-0.4, -0.2) is 28.1 Å². The molecule has 0 amide bonds. The Kier molecular flexibility index (Phi) is 13.8. The highest BCUT2D eigenvalue weighted by molar-refractivity contribution is 5.75. The lowest BCUT2D eigenvalue weighted by molar-refractivity contribution is -0.144. The number of hydrogen-bond acceptors (Lipinski definition) is 4. The van der Waals surface area contributed by atoms with Gasteiger partial charge in [0.15, 0.2) is 0 Å². The molecular formula is C14H24O6. The lowest BCUT2D eigenvalue weighted by Crippen LogP contribution is -2.19. The number of esters is 1. The Labute approximate surface area is 119 Å². The highest BCUT2D eigenvalue weighted by atomic mass is 16.5. The molecule has 2 N–H and O–H groups in total. The van der Waals surface area contributed by atoms with Gasteiger partial charge in [-0.05, 0) is 13.8 Å². The molecule has 0 fully saturated rings. The maximum atomic E-state index is 10.2. The van der Waals surface area contributed by atoms with E-state index in [2.05, 4.69) is 17.9 Å². The zero-order valence-electron chi connectivity index (χ0n) is 12.7. The molecule has 0 radical (unpaired) electrons. The van der Waals surface area contributed by atoms with Crippen molar-refractivity contribution in [3.63, 3.8) is 0 Å². The van der Waals surface area contributed by atoms with Crippen molar-refractivity contribution in [2.75, 3.05) is 0 Å². The normalized spacial score (nSPS) is 9.10. The first-order valence-corrected chi connectivity index (χ1v) is 5.80. The first-order chi connectivity index (χ1) is 8.92. The molecule has 0 atom stereocenters. The van der Waals surface area contributed by atoms with Gasteiger partial charge in [-0.1, -0.05) is 26.5 Å². The van der Waals surface area contributed by atoms with E-state index in [9.17, 15) is 14.4 Å². The van der Waals surface area contributed by atoms with Gasteiger partial charge in [0.25, 0.3) is 0 Å². The summed E-state index contributed by atoms with van der Waals surface area (Å²) in [6.45, 7) is 14.3.